The number of guanidine groups is 1. The van der Waals surface area contributed by atoms with Crippen molar-refractivity contribution in [3.8, 4) is 0 Å². The lowest BCUT2D eigenvalue weighted by Gasteiger charge is -2.33. The van der Waals surface area contributed by atoms with E-state index in [2.05, 4.69) is 44.6 Å². The third-order valence-electron chi connectivity index (χ3n) is 4.38. The molecule has 1 aromatic heterocycles. The minimum Gasteiger partial charge on any atom is -0.357 e. The molecule has 0 amide bonds. The minimum atomic E-state index is 0.537. The first-order valence-corrected chi connectivity index (χ1v) is 8.79. The lowest BCUT2D eigenvalue weighted by atomic mass is 10.0. The summed E-state index contributed by atoms with van der Waals surface area (Å²) in [6.45, 7) is 9.17. The van der Waals surface area contributed by atoms with Gasteiger partial charge in [-0.15, -0.1) is 10.2 Å². The quantitative estimate of drug-likeness (QED) is 0.448. The van der Waals surface area contributed by atoms with Crippen molar-refractivity contribution in [1.29, 1.82) is 0 Å². The third kappa shape index (κ3) is 5.82. The molecule has 23 heavy (non-hydrogen) atoms. The molecule has 130 valence electrons. The van der Waals surface area contributed by atoms with Crippen molar-refractivity contribution in [3.05, 3.63) is 12.2 Å². The standard InChI is InChI=1S/C16H31N7/c1-4-17-16(19-12-15-21-20-13-22(15)3)18-9-7-11-23-10-6-5-8-14(23)2/h13-14H,4-12H2,1-3H3,(H2,17,18,19). The van der Waals surface area contributed by atoms with Crippen LogP contribution in [0.25, 0.3) is 0 Å². The molecule has 1 saturated heterocycles. The van der Waals surface area contributed by atoms with Crippen LogP contribution >= 0.6 is 0 Å². The Morgan fingerprint density at radius 3 is 2.96 bits per heavy atom. The Morgan fingerprint density at radius 2 is 2.26 bits per heavy atom. The van der Waals surface area contributed by atoms with Crippen molar-refractivity contribution in [3.63, 3.8) is 0 Å². The molecule has 2 N–H and O–H groups in total. The number of aliphatic imine (C=N–C) groups is 1. The second-order valence-corrected chi connectivity index (χ2v) is 6.21. The average molecular weight is 321 g/mol. The molecular formula is C16H31N7. The Bertz CT molecular complexity index is 483. The van der Waals surface area contributed by atoms with Gasteiger partial charge < -0.3 is 20.1 Å². The summed E-state index contributed by atoms with van der Waals surface area (Å²) < 4.78 is 1.89. The Labute approximate surface area is 139 Å². The van der Waals surface area contributed by atoms with Gasteiger partial charge in [-0.1, -0.05) is 6.42 Å². The Kier molecular flexibility index (Phi) is 7.32. The van der Waals surface area contributed by atoms with Crippen LogP contribution in [0.2, 0.25) is 0 Å². The molecule has 7 heteroatoms. The minimum absolute atomic E-state index is 0.537. The fourth-order valence-electron chi connectivity index (χ4n) is 2.92. The fraction of sp³-hybridized carbons (Fsp3) is 0.812. The lowest BCUT2D eigenvalue weighted by Crippen LogP contribution is -2.41. The van der Waals surface area contributed by atoms with Crippen LogP contribution in [0.15, 0.2) is 11.3 Å². The predicted molar refractivity (Wildman–Crippen MR) is 93.3 cm³/mol. The van der Waals surface area contributed by atoms with E-state index in [9.17, 15) is 0 Å². The van der Waals surface area contributed by atoms with Gasteiger partial charge >= 0.3 is 0 Å². The molecule has 1 aliphatic heterocycles. The molecule has 7 nitrogen and oxygen atoms in total. The molecule has 0 bridgehead atoms. The highest BCUT2D eigenvalue weighted by Gasteiger charge is 2.17. The number of nitrogens with one attached hydrogen (secondary N) is 2. The van der Waals surface area contributed by atoms with E-state index in [1.54, 1.807) is 6.33 Å². The summed E-state index contributed by atoms with van der Waals surface area (Å²) in [7, 11) is 1.94. The maximum Gasteiger partial charge on any atom is 0.191 e. The van der Waals surface area contributed by atoms with Crippen LogP contribution < -0.4 is 10.6 Å². The van der Waals surface area contributed by atoms with Crippen LogP contribution in [-0.4, -0.2) is 57.8 Å². The monoisotopic (exact) mass is 321 g/mol. The maximum atomic E-state index is 4.57. The Morgan fingerprint density at radius 1 is 1.39 bits per heavy atom. The van der Waals surface area contributed by atoms with Gasteiger partial charge in [0.25, 0.3) is 0 Å². The summed E-state index contributed by atoms with van der Waals surface area (Å²) >= 11 is 0. The number of rotatable bonds is 7. The zero-order valence-corrected chi connectivity index (χ0v) is 14.8. The van der Waals surface area contributed by atoms with Gasteiger partial charge in [0, 0.05) is 32.7 Å². The zero-order valence-electron chi connectivity index (χ0n) is 14.8. The van der Waals surface area contributed by atoms with Crippen LogP contribution in [0, 0.1) is 0 Å². The van der Waals surface area contributed by atoms with E-state index in [0.29, 0.717) is 6.54 Å². The number of aryl methyl sites for hydroxylation is 1. The van der Waals surface area contributed by atoms with Crippen molar-refractivity contribution in [2.45, 2.75) is 52.1 Å². The normalized spacial score (nSPS) is 19.8. The van der Waals surface area contributed by atoms with E-state index in [1.165, 1.54) is 25.8 Å². The molecular weight excluding hydrogens is 290 g/mol. The van der Waals surface area contributed by atoms with Crippen LogP contribution in [0.1, 0.15) is 45.4 Å². The maximum absolute atomic E-state index is 4.57. The first kappa shape index (κ1) is 17.7. The largest absolute Gasteiger partial charge is 0.357 e. The lowest BCUT2D eigenvalue weighted by molar-refractivity contribution is 0.159. The number of hydrogen-bond acceptors (Lipinski definition) is 4. The summed E-state index contributed by atoms with van der Waals surface area (Å²) in [6.07, 6.45) is 6.91. The van der Waals surface area contributed by atoms with E-state index in [1.807, 2.05) is 11.6 Å². The van der Waals surface area contributed by atoms with Gasteiger partial charge in [0.1, 0.15) is 12.9 Å². The van der Waals surface area contributed by atoms with E-state index in [-0.39, 0.29) is 0 Å². The van der Waals surface area contributed by atoms with E-state index in [0.717, 1.165) is 43.9 Å². The molecule has 0 aliphatic carbocycles. The summed E-state index contributed by atoms with van der Waals surface area (Å²) in [5, 5.41) is 14.6. The van der Waals surface area contributed by atoms with Crippen molar-refractivity contribution < 1.29 is 0 Å². The van der Waals surface area contributed by atoms with Crippen LogP contribution in [-0.2, 0) is 13.6 Å². The van der Waals surface area contributed by atoms with Gasteiger partial charge in [0.15, 0.2) is 11.8 Å². The van der Waals surface area contributed by atoms with Gasteiger partial charge in [0.05, 0.1) is 0 Å². The van der Waals surface area contributed by atoms with Crippen molar-refractivity contribution in [2.24, 2.45) is 12.0 Å². The summed E-state index contributed by atoms with van der Waals surface area (Å²) in [4.78, 5) is 7.18. The van der Waals surface area contributed by atoms with E-state index in [4.69, 9.17) is 0 Å². The van der Waals surface area contributed by atoms with Crippen molar-refractivity contribution in [1.82, 2.24) is 30.3 Å². The van der Waals surface area contributed by atoms with Crippen LogP contribution in [0.5, 0.6) is 0 Å². The van der Waals surface area contributed by atoms with Gasteiger partial charge in [0.2, 0.25) is 0 Å². The van der Waals surface area contributed by atoms with Gasteiger partial charge in [-0.05, 0) is 39.7 Å². The molecule has 2 rings (SSSR count). The van der Waals surface area contributed by atoms with Crippen molar-refractivity contribution in [2.75, 3.05) is 26.2 Å². The number of nitrogens with zero attached hydrogens (tertiary/aromatic N) is 5. The van der Waals surface area contributed by atoms with E-state index >= 15 is 0 Å². The zero-order chi connectivity index (χ0) is 16.5. The molecule has 1 fully saturated rings. The van der Waals surface area contributed by atoms with E-state index < -0.39 is 0 Å². The number of piperidine rings is 1. The number of aromatic nitrogens is 3. The molecule has 0 aromatic carbocycles. The molecule has 1 aromatic rings. The molecule has 1 atom stereocenters. The van der Waals surface area contributed by atoms with Crippen LogP contribution in [0.3, 0.4) is 0 Å². The second kappa shape index (κ2) is 9.50. The topological polar surface area (TPSA) is 70.4 Å². The van der Waals surface area contributed by atoms with Crippen molar-refractivity contribution >= 4 is 5.96 Å². The summed E-state index contributed by atoms with van der Waals surface area (Å²) in [6, 6.07) is 0.738. The Balaban J connectivity index is 1.72. The number of hydrogen-bond donors (Lipinski definition) is 2. The second-order valence-electron chi connectivity index (χ2n) is 6.21. The highest BCUT2D eigenvalue weighted by atomic mass is 15.3. The average Bonchev–Trinajstić information content (AvgIpc) is 2.96. The smallest absolute Gasteiger partial charge is 0.191 e. The third-order valence-corrected chi connectivity index (χ3v) is 4.38. The molecule has 0 spiro atoms. The van der Waals surface area contributed by atoms with Gasteiger partial charge in [-0.2, -0.15) is 0 Å². The Hall–Kier alpha value is -1.63. The van der Waals surface area contributed by atoms with Crippen LogP contribution in [0.4, 0.5) is 0 Å². The molecule has 0 saturated carbocycles. The van der Waals surface area contributed by atoms with Gasteiger partial charge in [-0.3, -0.25) is 0 Å². The first-order valence-electron chi connectivity index (χ1n) is 8.79. The highest BCUT2D eigenvalue weighted by Crippen LogP contribution is 2.15. The first-order chi connectivity index (χ1) is 11.2. The summed E-state index contributed by atoms with van der Waals surface area (Å²) in [5.74, 6) is 1.71. The molecule has 1 aliphatic rings. The fourth-order valence-corrected chi connectivity index (χ4v) is 2.92. The summed E-state index contributed by atoms with van der Waals surface area (Å²) in [5.41, 5.74) is 0. The molecule has 2 heterocycles. The van der Waals surface area contributed by atoms with Gasteiger partial charge in [-0.25, -0.2) is 4.99 Å². The molecule has 0 radical (unpaired) electrons. The SMILES string of the molecule is CCNC(=NCc1nncn1C)NCCCN1CCCCC1C. The predicted octanol–water partition coefficient (Wildman–Crippen LogP) is 1.13. The highest BCUT2D eigenvalue weighted by molar-refractivity contribution is 5.79. The molecule has 1 unspecified atom stereocenters. The number of likely N-dealkylation sites (tertiary alicyclic amines) is 1.